The van der Waals surface area contributed by atoms with Gasteiger partial charge >= 0.3 is 0 Å². The summed E-state index contributed by atoms with van der Waals surface area (Å²) in [5.41, 5.74) is 3.26. The lowest BCUT2D eigenvalue weighted by Gasteiger charge is -2.08. The third-order valence-corrected chi connectivity index (χ3v) is 4.59. The maximum absolute atomic E-state index is 6.19. The molecule has 0 saturated carbocycles. The molecule has 138 valence electrons. The van der Waals surface area contributed by atoms with Gasteiger partial charge in [-0.3, -0.25) is 0 Å². The Bertz CT molecular complexity index is 846. The first-order valence-corrected chi connectivity index (χ1v) is 8.73. The van der Waals surface area contributed by atoms with Crippen molar-refractivity contribution in [3.63, 3.8) is 0 Å². The van der Waals surface area contributed by atoms with E-state index in [1.165, 1.54) is 5.56 Å². The Morgan fingerprint density at radius 2 is 1.88 bits per heavy atom. The lowest BCUT2D eigenvalue weighted by atomic mass is 10.1. The Kier molecular flexibility index (Phi) is 7.58. The van der Waals surface area contributed by atoms with Gasteiger partial charge < -0.3 is 14.5 Å². The number of rotatable bonds is 7. The van der Waals surface area contributed by atoms with Gasteiger partial charge in [0.25, 0.3) is 0 Å². The summed E-state index contributed by atoms with van der Waals surface area (Å²) in [6, 6.07) is 18.0. The molecular formula is C21H23Cl2NO2. The number of methoxy groups -OCH3 is 1. The van der Waals surface area contributed by atoms with Crippen LogP contribution in [0.1, 0.15) is 16.9 Å². The van der Waals surface area contributed by atoms with Crippen LogP contribution in [0.4, 0.5) is 0 Å². The van der Waals surface area contributed by atoms with Crippen molar-refractivity contribution >= 4 is 24.0 Å². The molecule has 0 bridgehead atoms. The summed E-state index contributed by atoms with van der Waals surface area (Å²) in [7, 11) is 1.70. The smallest absolute Gasteiger partial charge is 0.134 e. The maximum atomic E-state index is 6.19. The number of aryl methyl sites for hydroxylation is 1. The molecule has 0 aliphatic carbocycles. The number of furan rings is 1. The maximum Gasteiger partial charge on any atom is 0.134 e. The number of hydrogen-bond acceptors (Lipinski definition) is 3. The van der Waals surface area contributed by atoms with E-state index in [0.29, 0.717) is 6.54 Å². The highest BCUT2D eigenvalue weighted by Crippen LogP contribution is 2.27. The first kappa shape index (κ1) is 20.4. The van der Waals surface area contributed by atoms with Crippen LogP contribution in [0.2, 0.25) is 5.02 Å². The molecule has 26 heavy (non-hydrogen) atoms. The molecule has 5 heteroatoms. The predicted molar refractivity (Wildman–Crippen MR) is 110 cm³/mol. The van der Waals surface area contributed by atoms with Crippen LogP contribution >= 0.6 is 24.0 Å². The van der Waals surface area contributed by atoms with Crippen molar-refractivity contribution in [2.45, 2.75) is 19.9 Å². The zero-order valence-electron chi connectivity index (χ0n) is 14.9. The topological polar surface area (TPSA) is 34.4 Å². The quantitative estimate of drug-likeness (QED) is 0.526. The van der Waals surface area contributed by atoms with E-state index in [1.54, 1.807) is 7.11 Å². The van der Waals surface area contributed by atoms with Crippen molar-refractivity contribution in [1.82, 2.24) is 5.32 Å². The largest absolute Gasteiger partial charge is 0.496 e. The highest BCUT2D eigenvalue weighted by Gasteiger charge is 2.07. The van der Waals surface area contributed by atoms with Gasteiger partial charge in [-0.1, -0.05) is 41.9 Å². The molecule has 3 aromatic rings. The highest BCUT2D eigenvalue weighted by atomic mass is 35.5. The fourth-order valence-corrected chi connectivity index (χ4v) is 2.90. The van der Waals surface area contributed by atoms with Crippen molar-refractivity contribution < 1.29 is 9.15 Å². The average molecular weight is 392 g/mol. The molecule has 1 aromatic heterocycles. The van der Waals surface area contributed by atoms with Crippen LogP contribution in [0.25, 0.3) is 11.3 Å². The number of halogens is 2. The molecule has 0 saturated heterocycles. The van der Waals surface area contributed by atoms with E-state index in [0.717, 1.165) is 46.4 Å². The minimum atomic E-state index is 0. The molecule has 1 heterocycles. The molecule has 0 atom stereocenters. The molecule has 0 amide bonds. The van der Waals surface area contributed by atoms with Crippen LogP contribution in [0.5, 0.6) is 5.75 Å². The standard InChI is InChI=1S/C21H22ClNO2.ClH/c1-15-7-8-17(13-19(15)22)21-10-9-18(25-21)14-23-12-11-16-5-3-4-6-20(16)24-2;/h3-10,13,23H,11-12,14H2,1-2H3;1H. The number of benzene rings is 2. The van der Waals surface area contributed by atoms with Gasteiger partial charge in [0.1, 0.15) is 17.3 Å². The number of ether oxygens (including phenoxy) is 1. The molecule has 0 aliphatic rings. The van der Waals surface area contributed by atoms with Crippen molar-refractivity contribution in [2.24, 2.45) is 0 Å². The molecule has 0 unspecified atom stereocenters. The van der Waals surface area contributed by atoms with Gasteiger partial charge in [0, 0.05) is 10.6 Å². The van der Waals surface area contributed by atoms with E-state index in [9.17, 15) is 0 Å². The summed E-state index contributed by atoms with van der Waals surface area (Å²) >= 11 is 6.19. The second-order valence-corrected chi connectivity index (χ2v) is 6.38. The van der Waals surface area contributed by atoms with Gasteiger partial charge in [-0.15, -0.1) is 12.4 Å². The zero-order valence-corrected chi connectivity index (χ0v) is 16.5. The molecule has 3 rings (SSSR count). The van der Waals surface area contributed by atoms with Gasteiger partial charge in [0.05, 0.1) is 13.7 Å². The average Bonchev–Trinajstić information content (AvgIpc) is 3.10. The molecule has 0 spiro atoms. The van der Waals surface area contributed by atoms with Crippen LogP contribution < -0.4 is 10.1 Å². The van der Waals surface area contributed by atoms with E-state index in [4.69, 9.17) is 20.8 Å². The van der Waals surface area contributed by atoms with E-state index in [-0.39, 0.29) is 12.4 Å². The molecule has 3 nitrogen and oxygen atoms in total. The lowest BCUT2D eigenvalue weighted by Crippen LogP contribution is -2.16. The van der Waals surface area contributed by atoms with Gasteiger partial charge in [-0.25, -0.2) is 0 Å². The molecule has 0 fully saturated rings. The first-order valence-electron chi connectivity index (χ1n) is 8.35. The van der Waals surface area contributed by atoms with Crippen LogP contribution in [0.3, 0.4) is 0 Å². The van der Waals surface area contributed by atoms with E-state index >= 15 is 0 Å². The predicted octanol–water partition coefficient (Wildman–Crippen LogP) is 5.67. The van der Waals surface area contributed by atoms with Crippen molar-refractivity contribution in [1.29, 1.82) is 0 Å². The van der Waals surface area contributed by atoms with Crippen LogP contribution in [-0.4, -0.2) is 13.7 Å². The summed E-state index contributed by atoms with van der Waals surface area (Å²) in [6.07, 6.45) is 0.908. The van der Waals surface area contributed by atoms with Crippen molar-refractivity contribution in [3.8, 4) is 17.1 Å². The number of hydrogen-bond donors (Lipinski definition) is 1. The minimum absolute atomic E-state index is 0. The third kappa shape index (κ3) is 5.04. The fourth-order valence-electron chi connectivity index (χ4n) is 2.72. The van der Waals surface area contributed by atoms with Gasteiger partial charge in [0.2, 0.25) is 0 Å². The van der Waals surface area contributed by atoms with Crippen molar-refractivity contribution in [2.75, 3.05) is 13.7 Å². The van der Waals surface area contributed by atoms with Gasteiger partial charge in [0.15, 0.2) is 0 Å². The Morgan fingerprint density at radius 3 is 2.65 bits per heavy atom. The minimum Gasteiger partial charge on any atom is -0.496 e. The zero-order chi connectivity index (χ0) is 17.6. The monoisotopic (exact) mass is 391 g/mol. The summed E-state index contributed by atoms with van der Waals surface area (Å²) in [4.78, 5) is 0. The molecule has 2 aromatic carbocycles. The van der Waals surface area contributed by atoms with Crippen LogP contribution in [0.15, 0.2) is 59.0 Å². The molecule has 1 N–H and O–H groups in total. The third-order valence-electron chi connectivity index (χ3n) is 4.18. The normalized spacial score (nSPS) is 10.4. The summed E-state index contributed by atoms with van der Waals surface area (Å²) in [5.74, 6) is 2.68. The summed E-state index contributed by atoms with van der Waals surface area (Å²) in [5, 5.41) is 4.17. The second-order valence-electron chi connectivity index (χ2n) is 5.97. The SMILES string of the molecule is COc1ccccc1CCNCc1ccc(-c2ccc(C)c(Cl)c2)o1.Cl. The Labute approximate surface area is 165 Å². The number of para-hydroxylation sites is 1. The highest BCUT2D eigenvalue weighted by molar-refractivity contribution is 6.31. The summed E-state index contributed by atoms with van der Waals surface area (Å²) in [6.45, 7) is 3.53. The first-order chi connectivity index (χ1) is 12.2. The van der Waals surface area contributed by atoms with Crippen LogP contribution in [0, 0.1) is 6.92 Å². The Morgan fingerprint density at radius 1 is 1.08 bits per heavy atom. The fraction of sp³-hybridized carbons (Fsp3) is 0.238. The summed E-state index contributed by atoms with van der Waals surface area (Å²) < 4.78 is 11.3. The van der Waals surface area contributed by atoms with Crippen LogP contribution in [-0.2, 0) is 13.0 Å². The van der Waals surface area contributed by atoms with E-state index in [1.807, 2.05) is 55.5 Å². The molecular weight excluding hydrogens is 369 g/mol. The van der Waals surface area contributed by atoms with E-state index in [2.05, 4.69) is 11.4 Å². The number of nitrogens with one attached hydrogen (secondary N) is 1. The van der Waals surface area contributed by atoms with Gasteiger partial charge in [-0.05, 0) is 55.3 Å². The van der Waals surface area contributed by atoms with Gasteiger partial charge in [-0.2, -0.15) is 0 Å². The van der Waals surface area contributed by atoms with Crippen molar-refractivity contribution in [3.05, 3.63) is 76.5 Å². The molecule has 0 radical (unpaired) electrons. The Balaban J connectivity index is 0.00000243. The lowest BCUT2D eigenvalue weighted by molar-refractivity contribution is 0.408. The van der Waals surface area contributed by atoms with E-state index < -0.39 is 0 Å². The Hall–Kier alpha value is -1.94. The second kappa shape index (κ2) is 9.67. The molecule has 0 aliphatic heterocycles.